The van der Waals surface area contributed by atoms with Crippen LogP contribution in [-0.2, 0) is 4.79 Å². The largest absolute Gasteiger partial charge is 0.478 e. The molecule has 0 aliphatic carbocycles. The Morgan fingerprint density at radius 2 is 2.00 bits per heavy atom. The molecule has 188 valence electrons. The van der Waals surface area contributed by atoms with Crippen molar-refractivity contribution in [3.05, 3.63) is 58.2 Å². The molecule has 0 saturated carbocycles. The van der Waals surface area contributed by atoms with E-state index in [1.54, 1.807) is 0 Å². The number of aromatic amines is 1. The van der Waals surface area contributed by atoms with Gasteiger partial charge in [-0.15, -0.1) is 0 Å². The van der Waals surface area contributed by atoms with Crippen molar-refractivity contribution < 1.29 is 14.3 Å². The lowest BCUT2D eigenvalue weighted by molar-refractivity contribution is -0.132. The van der Waals surface area contributed by atoms with Crippen molar-refractivity contribution in [2.45, 2.75) is 45.8 Å². The van der Waals surface area contributed by atoms with Crippen LogP contribution in [0.5, 0.6) is 0 Å². The molecule has 0 amide bonds. The van der Waals surface area contributed by atoms with E-state index in [0.29, 0.717) is 12.8 Å². The maximum atomic E-state index is 12.8. The van der Waals surface area contributed by atoms with Gasteiger partial charge in [0.15, 0.2) is 0 Å². The van der Waals surface area contributed by atoms with Gasteiger partial charge in [-0.2, -0.15) is 5.10 Å². The van der Waals surface area contributed by atoms with Gasteiger partial charge < -0.3 is 20.7 Å². The highest BCUT2D eigenvalue weighted by Gasteiger charge is 2.18. The van der Waals surface area contributed by atoms with Crippen LogP contribution in [0.2, 0.25) is 0 Å². The van der Waals surface area contributed by atoms with E-state index < -0.39 is 17.7 Å². The summed E-state index contributed by atoms with van der Waals surface area (Å²) in [7, 11) is 0. The third kappa shape index (κ3) is 8.05. The van der Waals surface area contributed by atoms with Crippen LogP contribution in [-0.4, -0.2) is 59.3 Å². The first kappa shape index (κ1) is 27.2. The molecule has 1 fully saturated rings. The summed E-state index contributed by atoms with van der Waals surface area (Å²) in [5, 5.41) is 23.8. The smallest absolute Gasteiger partial charge is 0.332 e. The maximum Gasteiger partial charge on any atom is 0.332 e. The van der Waals surface area contributed by atoms with Crippen molar-refractivity contribution in [2.24, 2.45) is 5.10 Å². The molecule has 2 aromatic rings. The summed E-state index contributed by atoms with van der Waals surface area (Å²) in [5.41, 5.74) is 0.983. The molecule has 11 heteroatoms. The Labute approximate surface area is 203 Å². The number of hydrogen-bond donors (Lipinski definition) is 4. The number of hydrogen-bond acceptors (Lipinski definition) is 8. The molecule has 35 heavy (non-hydrogen) atoms. The van der Waals surface area contributed by atoms with Gasteiger partial charge in [-0.1, -0.05) is 18.2 Å². The molecule has 0 bridgehead atoms. The second-order valence-corrected chi connectivity index (χ2v) is 8.19. The van der Waals surface area contributed by atoms with E-state index in [4.69, 9.17) is 10.5 Å². The number of hydrazone groups is 1. The Morgan fingerprint density at radius 3 is 2.51 bits per heavy atom. The number of carboxylic acid groups (broad SMARTS) is 1. The number of nitrogens with one attached hydrogen (secondary N) is 3. The van der Waals surface area contributed by atoms with Crippen LogP contribution in [0.3, 0.4) is 0 Å². The van der Waals surface area contributed by atoms with Gasteiger partial charge in [0.2, 0.25) is 5.95 Å². The summed E-state index contributed by atoms with van der Waals surface area (Å²) >= 11 is 0. The Hall–Kier alpha value is -4.02. The van der Waals surface area contributed by atoms with E-state index in [-0.39, 0.29) is 28.9 Å². The number of nitrogens with zero attached hydrogens (tertiary/aromatic N) is 4. The fourth-order valence-corrected chi connectivity index (χ4v) is 3.27. The molecule has 1 saturated heterocycles. The van der Waals surface area contributed by atoms with E-state index in [2.05, 4.69) is 44.1 Å². The Bertz CT molecular complexity index is 1090. The summed E-state index contributed by atoms with van der Waals surface area (Å²) in [6.45, 7) is 10.1. The lowest BCUT2D eigenvalue weighted by Crippen LogP contribution is -2.34. The number of carbonyl (C=O) groups is 1. The molecule has 0 radical (unpaired) electrons. The number of H-pyrrole nitrogens is 1. The minimum Gasteiger partial charge on any atom is -0.478 e. The highest BCUT2D eigenvalue weighted by atomic mass is 19.1. The van der Waals surface area contributed by atoms with Gasteiger partial charge in [-0.3, -0.25) is 9.78 Å². The van der Waals surface area contributed by atoms with Gasteiger partial charge in [0, 0.05) is 44.0 Å². The minimum atomic E-state index is -1.14. The number of para-hydroxylation sites is 1. The zero-order valence-corrected chi connectivity index (χ0v) is 20.2. The van der Waals surface area contributed by atoms with E-state index in [0.717, 1.165) is 30.5 Å². The van der Waals surface area contributed by atoms with E-state index in [1.807, 2.05) is 32.0 Å². The quantitative estimate of drug-likeness (QED) is 0.254. The Kier molecular flexibility index (Phi) is 10.1. The number of anilines is 3. The molecule has 1 aromatic carbocycles. The second kappa shape index (κ2) is 13.0. The SMILES string of the molecule is C=NN(/C=C(\C)C(=O)O)c1nc(C=N)c(NC(C)C)c(=O)[nH]1.FC1CCN(c2ccccc2)CC1. The number of aliphatic carboxylic acids is 1. The van der Waals surface area contributed by atoms with Gasteiger partial charge in [0.05, 0.1) is 5.57 Å². The topological polar surface area (TPSA) is 138 Å². The van der Waals surface area contributed by atoms with Crippen LogP contribution in [0.1, 0.15) is 39.3 Å². The fraction of sp³-hybridized carbons (Fsp3) is 0.375. The predicted molar refractivity (Wildman–Crippen MR) is 138 cm³/mol. The summed E-state index contributed by atoms with van der Waals surface area (Å²) in [6.07, 6.45) is 2.86. The first-order valence-electron chi connectivity index (χ1n) is 11.2. The number of benzene rings is 1. The summed E-state index contributed by atoms with van der Waals surface area (Å²) in [4.78, 5) is 31.8. The van der Waals surface area contributed by atoms with Gasteiger partial charge in [-0.05, 0) is 45.7 Å². The number of piperidine rings is 1. The molecule has 0 atom stereocenters. The average Bonchev–Trinajstić information content (AvgIpc) is 2.84. The summed E-state index contributed by atoms with van der Waals surface area (Å²) < 4.78 is 12.8. The third-order valence-electron chi connectivity index (χ3n) is 5.07. The van der Waals surface area contributed by atoms with Crippen LogP contribution in [0.15, 0.2) is 52.0 Å². The molecule has 0 unspecified atom stereocenters. The van der Waals surface area contributed by atoms with Gasteiger partial charge in [0.25, 0.3) is 5.56 Å². The highest BCUT2D eigenvalue weighted by molar-refractivity contribution is 5.86. The molecule has 2 heterocycles. The van der Waals surface area contributed by atoms with Crippen LogP contribution >= 0.6 is 0 Å². The molecular formula is C24H32FN7O3. The fourth-order valence-electron chi connectivity index (χ4n) is 3.27. The number of aromatic nitrogens is 2. The van der Waals surface area contributed by atoms with E-state index in [9.17, 15) is 14.0 Å². The van der Waals surface area contributed by atoms with E-state index in [1.165, 1.54) is 12.6 Å². The Balaban J connectivity index is 0.000000279. The number of rotatable bonds is 8. The standard InChI is InChI=1S/C13H18N6O3.C11H14FN/c1-7(2)16-10-9(5-14)17-13(18-11(10)20)19(15-4)6-8(3)12(21)22;12-10-6-8-13(9-7-10)11-4-2-1-3-5-11/h5-7,14,16H,4H2,1-3H3,(H,21,22)(H,17,18,20);1-5,10H,6-9H2/b8-6+,14-5?;. The molecular weight excluding hydrogens is 453 g/mol. The number of alkyl halides is 1. The van der Waals surface area contributed by atoms with Crippen molar-refractivity contribution in [1.29, 1.82) is 5.41 Å². The molecule has 1 aliphatic rings. The van der Waals surface area contributed by atoms with Gasteiger partial charge in [0.1, 0.15) is 17.6 Å². The molecule has 1 aromatic heterocycles. The second-order valence-electron chi connectivity index (χ2n) is 8.19. The van der Waals surface area contributed by atoms with Crippen molar-refractivity contribution in [2.75, 3.05) is 28.3 Å². The lowest BCUT2D eigenvalue weighted by atomic mass is 10.1. The molecule has 1 aliphatic heterocycles. The zero-order valence-electron chi connectivity index (χ0n) is 20.2. The van der Waals surface area contributed by atoms with Crippen molar-refractivity contribution in [3.8, 4) is 0 Å². The van der Waals surface area contributed by atoms with Gasteiger partial charge in [-0.25, -0.2) is 19.2 Å². The van der Waals surface area contributed by atoms with Crippen LogP contribution in [0, 0.1) is 5.41 Å². The lowest BCUT2D eigenvalue weighted by Gasteiger charge is -2.30. The van der Waals surface area contributed by atoms with Crippen LogP contribution in [0.4, 0.5) is 21.7 Å². The van der Waals surface area contributed by atoms with Crippen LogP contribution in [0.25, 0.3) is 0 Å². The van der Waals surface area contributed by atoms with E-state index >= 15 is 0 Å². The van der Waals surface area contributed by atoms with Crippen molar-refractivity contribution >= 4 is 36.2 Å². The normalized spacial score (nSPS) is 14.1. The number of carboxylic acids is 1. The van der Waals surface area contributed by atoms with Crippen LogP contribution < -0.4 is 20.8 Å². The molecule has 3 rings (SSSR count). The van der Waals surface area contributed by atoms with Gasteiger partial charge >= 0.3 is 5.97 Å². The molecule has 0 spiro atoms. The average molecular weight is 486 g/mol. The number of halogens is 1. The first-order chi connectivity index (χ1) is 16.7. The Morgan fingerprint density at radius 1 is 1.37 bits per heavy atom. The highest BCUT2D eigenvalue weighted by Crippen LogP contribution is 2.20. The summed E-state index contributed by atoms with van der Waals surface area (Å²) in [6, 6.07) is 10.2. The van der Waals surface area contributed by atoms with Crippen molar-refractivity contribution in [1.82, 2.24) is 9.97 Å². The predicted octanol–water partition coefficient (Wildman–Crippen LogP) is 3.62. The minimum absolute atomic E-state index is 0.0177. The molecule has 10 nitrogen and oxygen atoms in total. The zero-order chi connectivity index (χ0) is 26.0. The summed E-state index contributed by atoms with van der Waals surface area (Å²) in [5.74, 6) is -1.17. The van der Waals surface area contributed by atoms with Crippen molar-refractivity contribution in [3.63, 3.8) is 0 Å². The molecule has 4 N–H and O–H groups in total. The monoisotopic (exact) mass is 485 g/mol. The third-order valence-corrected chi connectivity index (χ3v) is 5.07. The maximum absolute atomic E-state index is 12.8. The first-order valence-corrected chi connectivity index (χ1v) is 11.2.